The lowest BCUT2D eigenvalue weighted by Crippen LogP contribution is -2.27. The van der Waals surface area contributed by atoms with Crippen molar-refractivity contribution in [3.05, 3.63) is 35.6 Å². The number of hydrogen-bond donors (Lipinski definition) is 1. The molecule has 96 valence electrons. The minimum Gasteiger partial charge on any atom is -0.292 e. The number of hydrogen-bond acceptors (Lipinski definition) is 2. The third kappa shape index (κ3) is 5.14. The van der Waals surface area contributed by atoms with Crippen molar-refractivity contribution in [1.29, 1.82) is 0 Å². The summed E-state index contributed by atoms with van der Waals surface area (Å²) >= 11 is 0. The molecule has 0 radical (unpaired) electrons. The van der Waals surface area contributed by atoms with Gasteiger partial charge in [0.2, 0.25) is 0 Å². The van der Waals surface area contributed by atoms with Crippen LogP contribution in [0.15, 0.2) is 24.3 Å². The Kier molecular flexibility index (Phi) is 4.89. The largest absolute Gasteiger partial charge is 0.413 e. The van der Waals surface area contributed by atoms with Crippen LogP contribution in [0.2, 0.25) is 0 Å². The van der Waals surface area contributed by atoms with Gasteiger partial charge in [-0.1, -0.05) is 19.1 Å². The fourth-order valence-corrected chi connectivity index (χ4v) is 1.31. The van der Waals surface area contributed by atoms with Crippen molar-refractivity contribution in [2.45, 2.75) is 25.6 Å². The third-order valence-corrected chi connectivity index (χ3v) is 2.14. The summed E-state index contributed by atoms with van der Waals surface area (Å²) in [5.41, 5.74) is 3.00. The standard InChI is InChI=1S/C11H13F4NO/c1-2-10(16-17-7-11(13,14)15)8-3-5-9(12)6-4-8/h3-6,10,16H,2,7H2,1H3. The topological polar surface area (TPSA) is 21.3 Å². The Morgan fingerprint density at radius 1 is 1.24 bits per heavy atom. The summed E-state index contributed by atoms with van der Waals surface area (Å²) in [4.78, 5) is 4.37. The first-order valence-corrected chi connectivity index (χ1v) is 5.12. The molecule has 0 saturated heterocycles. The van der Waals surface area contributed by atoms with E-state index < -0.39 is 18.8 Å². The zero-order valence-electron chi connectivity index (χ0n) is 9.22. The van der Waals surface area contributed by atoms with Gasteiger partial charge in [0.25, 0.3) is 0 Å². The van der Waals surface area contributed by atoms with Gasteiger partial charge in [-0.2, -0.15) is 18.7 Å². The molecule has 2 nitrogen and oxygen atoms in total. The molecule has 17 heavy (non-hydrogen) atoms. The van der Waals surface area contributed by atoms with Crippen molar-refractivity contribution in [1.82, 2.24) is 5.48 Å². The second-order valence-corrected chi connectivity index (χ2v) is 3.53. The minimum absolute atomic E-state index is 0.389. The van der Waals surface area contributed by atoms with Gasteiger partial charge in [0.05, 0.1) is 6.04 Å². The Balaban J connectivity index is 2.51. The molecule has 6 heteroatoms. The highest BCUT2D eigenvalue weighted by atomic mass is 19.4. The van der Waals surface area contributed by atoms with Crippen LogP contribution in [0, 0.1) is 5.82 Å². The second kappa shape index (κ2) is 5.97. The van der Waals surface area contributed by atoms with Crippen LogP contribution in [0.25, 0.3) is 0 Å². The highest BCUT2D eigenvalue weighted by molar-refractivity contribution is 5.19. The number of alkyl halides is 3. The Morgan fingerprint density at radius 2 is 1.82 bits per heavy atom. The highest BCUT2D eigenvalue weighted by Crippen LogP contribution is 2.18. The number of rotatable bonds is 5. The van der Waals surface area contributed by atoms with E-state index in [1.54, 1.807) is 6.92 Å². The molecule has 1 atom stereocenters. The molecule has 0 heterocycles. The van der Waals surface area contributed by atoms with Crippen molar-refractivity contribution in [3.8, 4) is 0 Å². The number of halogens is 4. The molecule has 1 unspecified atom stereocenters. The van der Waals surface area contributed by atoms with E-state index in [1.165, 1.54) is 24.3 Å². The lowest BCUT2D eigenvalue weighted by molar-refractivity contribution is -0.193. The number of nitrogens with one attached hydrogen (secondary N) is 1. The molecule has 0 spiro atoms. The summed E-state index contributed by atoms with van der Waals surface area (Å²) in [5.74, 6) is -0.389. The molecular weight excluding hydrogens is 238 g/mol. The van der Waals surface area contributed by atoms with Gasteiger partial charge >= 0.3 is 6.18 Å². The third-order valence-electron chi connectivity index (χ3n) is 2.14. The highest BCUT2D eigenvalue weighted by Gasteiger charge is 2.28. The van der Waals surface area contributed by atoms with Crippen LogP contribution in [-0.2, 0) is 4.84 Å². The lowest BCUT2D eigenvalue weighted by Gasteiger charge is -2.17. The normalized spacial score (nSPS) is 13.7. The molecule has 0 amide bonds. The van der Waals surface area contributed by atoms with Crippen molar-refractivity contribution < 1.29 is 22.4 Å². The van der Waals surface area contributed by atoms with Gasteiger partial charge in [0, 0.05) is 0 Å². The molecular formula is C11H13F4NO. The molecule has 1 N–H and O–H groups in total. The zero-order chi connectivity index (χ0) is 12.9. The Bertz CT molecular complexity index is 336. The quantitative estimate of drug-likeness (QED) is 0.640. The SMILES string of the molecule is CCC(NOCC(F)(F)F)c1ccc(F)cc1. The summed E-state index contributed by atoms with van der Waals surface area (Å²) in [6.45, 7) is 0.433. The maximum absolute atomic E-state index is 12.7. The molecule has 0 aliphatic rings. The molecule has 0 fully saturated rings. The number of benzene rings is 1. The molecule has 1 aromatic carbocycles. The van der Waals surface area contributed by atoms with E-state index in [2.05, 4.69) is 10.3 Å². The van der Waals surface area contributed by atoms with Crippen LogP contribution >= 0.6 is 0 Å². The van der Waals surface area contributed by atoms with Gasteiger partial charge in [-0.3, -0.25) is 4.84 Å². The number of hydroxylamine groups is 1. The molecule has 1 aromatic rings. The van der Waals surface area contributed by atoms with Crippen LogP contribution in [0.5, 0.6) is 0 Å². The van der Waals surface area contributed by atoms with Crippen molar-refractivity contribution in [2.24, 2.45) is 0 Å². The van der Waals surface area contributed by atoms with Gasteiger partial charge in [-0.15, -0.1) is 0 Å². The first-order chi connectivity index (χ1) is 7.92. The van der Waals surface area contributed by atoms with Gasteiger partial charge in [-0.25, -0.2) is 4.39 Å². The smallest absolute Gasteiger partial charge is 0.292 e. The van der Waals surface area contributed by atoms with Gasteiger partial charge in [0.1, 0.15) is 5.82 Å². The Morgan fingerprint density at radius 3 is 2.29 bits per heavy atom. The van der Waals surface area contributed by atoms with Gasteiger partial charge in [-0.05, 0) is 24.1 Å². The molecule has 0 aliphatic carbocycles. The van der Waals surface area contributed by atoms with E-state index in [0.29, 0.717) is 12.0 Å². The summed E-state index contributed by atoms with van der Waals surface area (Å²) in [5, 5.41) is 0. The molecule has 0 bridgehead atoms. The molecule has 1 rings (SSSR count). The Labute approximate surface area is 96.5 Å². The molecule has 0 aromatic heterocycles. The molecule has 0 aliphatic heterocycles. The first-order valence-electron chi connectivity index (χ1n) is 5.12. The Hall–Kier alpha value is -1.14. The zero-order valence-corrected chi connectivity index (χ0v) is 9.22. The summed E-state index contributed by atoms with van der Waals surface area (Å²) in [7, 11) is 0. The van der Waals surface area contributed by atoms with Crippen LogP contribution in [-0.4, -0.2) is 12.8 Å². The predicted molar refractivity (Wildman–Crippen MR) is 54.6 cm³/mol. The van der Waals surface area contributed by atoms with Crippen molar-refractivity contribution in [3.63, 3.8) is 0 Å². The lowest BCUT2D eigenvalue weighted by atomic mass is 10.1. The monoisotopic (exact) mass is 251 g/mol. The van der Waals surface area contributed by atoms with E-state index in [1.807, 2.05) is 0 Å². The minimum atomic E-state index is -4.37. The second-order valence-electron chi connectivity index (χ2n) is 3.53. The van der Waals surface area contributed by atoms with Crippen LogP contribution < -0.4 is 5.48 Å². The summed E-state index contributed by atoms with van der Waals surface area (Å²) in [6, 6.07) is 5.13. The fraction of sp³-hybridized carbons (Fsp3) is 0.455. The van der Waals surface area contributed by atoms with E-state index in [0.717, 1.165) is 0 Å². The van der Waals surface area contributed by atoms with E-state index >= 15 is 0 Å². The maximum Gasteiger partial charge on any atom is 0.413 e. The fourth-order valence-electron chi connectivity index (χ4n) is 1.31. The maximum atomic E-state index is 12.7. The van der Waals surface area contributed by atoms with Crippen LogP contribution in [0.1, 0.15) is 24.9 Å². The molecule has 0 saturated carbocycles. The van der Waals surface area contributed by atoms with Gasteiger partial charge in [0.15, 0.2) is 6.61 Å². The van der Waals surface area contributed by atoms with Gasteiger partial charge < -0.3 is 0 Å². The summed E-state index contributed by atoms with van der Waals surface area (Å²) < 4.78 is 48.2. The van der Waals surface area contributed by atoms with Crippen LogP contribution in [0.3, 0.4) is 0 Å². The average Bonchev–Trinajstić information content (AvgIpc) is 2.24. The van der Waals surface area contributed by atoms with E-state index in [4.69, 9.17) is 0 Å². The van der Waals surface area contributed by atoms with E-state index in [9.17, 15) is 17.6 Å². The first kappa shape index (κ1) is 13.9. The van der Waals surface area contributed by atoms with Crippen molar-refractivity contribution >= 4 is 0 Å². The predicted octanol–water partition coefficient (Wildman–Crippen LogP) is 3.36. The summed E-state index contributed by atoms with van der Waals surface area (Å²) in [6.07, 6.45) is -3.84. The van der Waals surface area contributed by atoms with E-state index in [-0.39, 0.29) is 5.82 Å². The average molecular weight is 251 g/mol. The van der Waals surface area contributed by atoms with Crippen LogP contribution in [0.4, 0.5) is 17.6 Å². The van der Waals surface area contributed by atoms with Crippen molar-refractivity contribution in [2.75, 3.05) is 6.61 Å².